The molecule has 152 valence electrons. The van der Waals surface area contributed by atoms with E-state index in [4.69, 9.17) is 0 Å². The van der Waals surface area contributed by atoms with E-state index in [0.717, 1.165) is 39.3 Å². The summed E-state index contributed by atoms with van der Waals surface area (Å²) in [5.41, 5.74) is 3.11. The monoisotopic (exact) mass is 384 g/mol. The normalized spacial score (nSPS) is 15.6. The molecule has 0 spiro atoms. The average Bonchev–Trinajstić information content (AvgIpc) is 3.16. The van der Waals surface area contributed by atoms with E-state index in [0.29, 0.717) is 18.2 Å². The number of piperazine rings is 1. The van der Waals surface area contributed by atoms with Crippen LogP contribution in [0.2, 0.25) is 0 Å². The smallest absolute Gasteiger partial charge is 0.276 e. The van der Waals surface area contributed by atoms with E-state index < -0.39 is 0 Å². The van der Waals surface area contributed by atoms with Crippen LogP contribution in [0.25, 0.3) is 0 Å². The molecule has 3 rings (SSSR count). The number of carbonyl (C=O) groups excluding carboxylic acids is 1. The summed E-state index contributed by atoms with van der Waals surface area (Å²) in [6, 6.07) is 8.82. The summed E-state index contributed by atoms with van der Waals surface area (Å²) >= 11 is 0. The summed E-state index contributed by atoms with van der Waals surface area (Å²) in [5.74, 6) is 0.541. The van der Waals surface area contributed by atoms with Crippen LogP contribution in [-0.2, 0) is 13.1 Å². The third-order valence-corrected chi connectivity index (χ3v) is 5.36. The Bertz CT molecular complexity index is 761. The molecule has 0 radical (unpaired) electrons. The lowest BCUT2D eigenvalue weighted by Crippen LogP contribution is -2.47. The molecule has 1 amide bonds. The van der Waals surface area contributed by atoms with Crippen LogP contribution in [0.3, 0.4) is 0 Å². The highest BCUT2D eigenvalue weighted by Crippen LogP contribution is 2.15. The highest BCUT2D eigenvalue weighted by atomic mass is 16.2. The number of benzene rings is 1. The number of hydrogen-bond donors (Lipinski definition) is 0. The van der Waals surface area contributed by atoms with Gasteiger partial charge >= 0.3 is 0 Å². The summed E-state index contributed by atoms with van der Waals surface area (Å²) in [4.78, 5) is 18.9. The second-order valence-corrected chi connectivity index (χ2v) is 8.10. The first-order valence-corrected chi connectivity index (χ1v) is 10.1. The molecule has 1 aliphatic rings. The molecular weight excluding hydrogens is 352 g/mol. The van der Waals surface area contributed by atoms with Crippen LogP contribution in [0, 0.1) is 0 Å². The molecule has 1 aromatic carbocycles. The van der Waals surface area contributed by atoms with Crippen molar-refractivity contribution >= 4 is 5.91 Å². The molecule has 0 saturated carbocycles. The van der Waals surface area contributed by atoms with E-state index in [2.05, 4.69) is 72.3 Å². The van der Waals surface area contributed by atoms with Gasteiger partial charge in [0.05, 0.1) is 12.7 Å². The predicted octanol–water partition coefficient (Wildman–Crippen LogP) is 1.92. The van der Waals surface area contributed by atoms with E-state index >= 15 is 0 Å². The molecule has 28 heavy (non-hydrogen) atoms. The molecule has 7 heteroatoms. The molecule has 1 saturated heterocycles. The number of hydrogen-bond acceptors (Lipinski definition) is 5. The predicted molar refractivity (Wildman–Crippen MR) is 110 cm³/mol. The van der Waals surface area contributed by atoms with Gasteiger partial charge < -0.3 is 14.7 Å². The van der Waals surface area contributed by atoms with Gasteiger partial charge in [0, 0.05) is 39.3 Å². The van der Waals surface area contributed by atoms with Gasteiger partial charge in [0.2, 0.25) is 0 Å². The van der Waals surface area contributed by atoms with Gasteiger partial charge in [0.15, 0.2) is 5.69 Å². The molecule has 0 aliphatic carbocycles. The van der Waals surface area contributed by atoms with E-state index in [1.54, 1.807) is 10.9 Å². The summed E-state index contributed by atoms with van der Waals surface area (Å²) in [6.07, 6.45) is 1.77. The van der Waals surface area contributed by atoms with Crippen molar-refractivity contribution in [1.29, 1.82) is 0 Å². The molecule has 1 aliphatic heterocycles. The van der Waals surface area contributed by atoms with E-state index in [9.17, 15) is 4.79 Å². The largest absolute Gasteiger partial charge is 0.335 e. The average molecular weight is 385 g/mol. The van der Waals surface area contributed by atoms with E-state index in [1.807, 2.05) is 4.90 Å². The fourth-order valence-corrected chi connectivity index (χ4v) is 3.35. The fourth-order valence-electron chi connectivity index (χ4n) is 3.35. The highest BCUT2D eigenvalue weighted by Gasteiger charge is 2.22. The van der Waals surface area contributed by atoms with Gasteiger partial charge in [-0.2, -0.15) is 0 Å². The van der Waals surface area contributed by atoms with Crippen LogP contribution < -0.4 is 0 Å². The van der Waals surface area contributed by atoms with Crippen molar-refractivity contribution in [2.45, 2.75) is 32.9 Å². The molecule has 2 aromatic rings. The van der Waals surface area contributed by atoms with Crippen molar-refractivity contribution in [1.82, 2.24) is 29.7 Å². The Kier molecular flexibility index (Phi) is 6.80. The Hall–Kier alpha value is -2.25. The van der Waals surface area contributed by atoms with Crippen LogP contribution >= 0.6 is 0 Å². The SMILES string of the molecule is CC(C)c1ccc(CN(C)CCn2cc(C(=O)N3CCN(C)CC3)nn2)cc1. The maximum absolute atomic E-state index is 12.6. The summed E-state index contributed by atoms with van der Waals surface area (Å²) in [6.45, 7) is 10.2. The standard InChI is InChI=1S/C21H32N6O/c1-17(2)19-7-5-18(6-8-19)15-25(4)11-14-27-16-20(22-23-27)21(28)26-12-9-24(3)10-13-26/h5-8,16-17H,9-15H2,1-4H3. The first-order chi connectivity index (χ1) is 13.4. The lowest BCUT2D eigenvalue weighted by molar-refractivity contribution is 0.0658. The van der Waals surface area contributed by atoms with Crippen LogP contribution in [-0.4, -0.2) is 82.4 Å². The van der Waals surface area contributed by atoms with Gasteiger partial charge in [0.1, 0.15) is 0 Å². The number of nitrogens with zero attached hydrogens (tertiary/aromatic N) is 6. The first-order valence-electron chi connectivity index (χ1n) is 10.1. The van der Waals surface area contributed by atoms with Gasteiger partial charge in [-0.25, -0.2) is 0 Å². The maximum Gasteiger partial charge on any atom is 0.276 e. The van der Waals surface area contributed by atoms with Crippen molar-refractivity contribution in [2.24, 2.45) is 0 Å². The van der Waals surface area contributed by atoms with E-state index in [-0.39, 0.29) is 5.91 Å². The second kappa shape index (κ2) is 9.30. The molecule has 0 atom stereocenters. The van der Waals surface area contributed by atoms with Gasteiger partial charge in [-0.1, -0.05) is 43.3 Å². The Morgan fingerprint density at radius 1 is 1.14 bits per heavy atom. The summed E-state index contributed by atoms with van der Waals surface area (Å²) in [7, 11) is 4.18. The second-order valence-electron chi connectivity index (χ2n) is 8.10. The van der Waals surface area contributed by atoms with Crippen LogP contribution in [0.1, 0.15) is 41.4 Å². The van der Waals surface area contributed by atoms with Gasteiger partial charge in [-0.15, -0.1) is 5.10 Å². The van der Waals surface area contributed by atoms with Crippen molar-refractivity contribution in [3.8, 4) is 0 Å². The molecule has 1 fully saturated rings. The molecule has 0 unspecified atom stereocenters. The van der Waals surface area contributed by atoms with Gasteiger partial charge in [-0.3, -0.25) is 9.48 Å². The lowest BCUT2D eigenvalue weighted by atomic mass is 10.0. The number of rotatable bonds is 7. The van der Waals surface area contributed by atoms with Crippen molar-refractivity contribution in [3.05, 3.63) is 47.3 Å². The lowest BCUT2D eigenvalue weighted by Gasteiger charge is -2.31. The molecule has 2 heterocycles. The Labute approximate surface area is 167 Å². The Morgan fingerprint density at radius 3 is 2.46 bits per heavy atom. The number of aromatic nitrogens is 3. The third kappa shape index (κ3) is 5.39. The van der Waals surface area contributed by atoms with Crippen LogP contribution in [0.4, 0.5) is 0 Å². The van der Waals surface area contributed by atoms with Crippen molar-refractivity contribution in [3.63, 3.8) is 0 Å². The maximum atomic E-state index is 12.6. The van der Waals surface area contributed by atoms with E-state index in [1.165, 1.54) is 11.1 Å². The topological polar surface area (TPSA) is 57.5 Å². The first kappa shape index (κ1) is 20.5. The van der Waals surface area contributed by atoms with Crippen molar-refractivity contribution in [2.75, 3.05) is 46.8 Å². The van der Waals surface area contributed by atoms with Crippen molar-refractivity contribution < 1.29 is 4.79 Å². The number of likely N-dealkylation sites (N-methyl/N-ethyl adjacent to an activating group) is 2. The van der Waals surface area contributed by atoms with Crippen LogP contribution in [0.5, 0.6) is 0 Å². The molecule has 0 bridgehead atoms. The molecular formula is C21H32N6O. The van der Waals surface area contributed by atoms with Gasteiger partial charge in [0.25, 0.3) is 5.91 Å². The minimum Gasteiger partial charge on any atom is -0.335 e. The quantitative estimate of drug-likeness (QED) is 0.730. The summed E-state index contributed by atoms with van der Waals surface area (Å²) in [5, 5.41) is 8.23. The number of amides is 1. The fraction of sp³-hybridized carbons (Fsp3) is 0.571. The Balaban J connectivity index is 1.47. The minimum absolute atomic E-state index is 0.0158. The Morgan fingerprint density at radius 2 is 1.82 bits per heavy atom. The number of carbonyl (C=O) groups is 1. The third-order valence-electron chi connectivity index (χ3n) is 5.36. The zero-order chi connectivity index (χ0) is 20.1. The summed E-state index contributed by atoms with van der Waals surface area (Å²) < 4.78 is 1.77. The molecule has 7 nitrogen and oxygen atoms in total. The minimum atomic E-state index is -0.0158. The van der Waals surface area contributed by atoms with Gasteiger partial charge in [-0.05, 0) is 31.1 Å². The molecule has 0 N–H and O–H groups in total. The zero-order valence-electron chi connectivity index (χ0n) is 17.5. The van der Waals surface area contributed by atoms with Crippen LogP contribution in [0.15, 0.2) is 30.5 Å². The zero-order valence-corrected chi connectivity index (χ0v) is 17.5. The molecule has 1 aromatic heterocycles. The highest BCUT2D eigenvalue weighted by molar-refractivity contribution is 5.92.